The minimum absolute atomic E-state index is 0.199. The first kappa shape index (κ1) is 25.9. The average Bonchev–Trinajstić information content (AvgIpc) is 3.21. The third kappa shape index (κ3) is 5.49. The molecular weight excluding hydrogens is 464 g/mol. The van der Waals surface area contributed by atoms with E-state index in [4.69, 9.17) is 9.47 Å². The van der Waals surface area contributed by atoms with Gasteiger partial charge in [0.25, 0.3) is 0 Å². The van der Waals surface area contributed by atoms with Crippen molar-refractivity contribution in [1.29, 1.82) is 0 Å². The second-order valence-electron chi connectivity index (χ2n) is 11.0. The number of amides is 1. The zero-order chi connectivity index (χ0) is 25.3. The van der Waals surface area contributed by atoms with E-state index in [0.717, 1.165) is 34.9 Å². The molecule has 1 atom stereocenters. The van der Waals surface area contributed by atoms with Crippen molar-refractivity contribution in [3.8, 4) is 5.75 Å². The number of Topliss-reactive ketones (excluding diaryl/α,β-unsaturated/α-hetero) is 1. The van der Waals surface area contributed by atoms with Gasteiger partial charge in [0.1, 0.15) is 5.75 Å². The Morgan fingerprint density at radius 3 is 2.43 bits per heavy atom. The molecule has 2 aromatic rings. The van der Waals surface area contributed by atoms with Crippen molar-refractivity contribution < 1.29 is 24.2 Å². The van der Waals surface area contributed by atoms with Crippen molar-refractivity contribution in [3.05, 3.63) is 29.1 Å². The van der Waals surface area contributed by atoms with E-state index in [0.29, 0.717) is 44.5 Å². The lowest BCUT2D eigenvalue weighted by Crippen LogP contribution is -2.58. The Kier molecular flexibility index (Phi) is 7.46. The van der Waals surface area contributed by atoms with Crippen LogP contribution in [0.15, 0.2) is 23.6 Å². The summed E-state index contributed by atoms with van der Waals surface area (Å²) in [5.74, 6) is -0.282. The number of hydrogen-bond acceptors (Lipinski definition) is 7. The number of alkyl carbamates (subject to hydrolysis) is 1. The number of hydrogen-bond donors (Lipinski definition) is 3. The van der Waals surface area contributed by atoms with Gasteiger partial charge in [0.15, 0.2) is 11.4 Å². The van der Waals surface area contributed by atoms with E-state index < -0.39 is 28.8 Å². The first-order valence-electron chi connectivity index (χ1n) is 12.6. The summed E-state index contributed by atoms with van der Waals surface area (Å²) in [5.41, 5.74) is -2.18. The summed E-state index contributed by atoms with van der Waals surface area (Å²) in [6, 6.07) is 5.83. The van der Waals surface area contributed by atoms with Crippen LogP contribution in [0.5, 0.6) is 5.75 Å². The van der Waals surface area contributed by atoms with Crippen LogP contribution in [0.2, 0.25) is 0 Å². The molecule has 8 heteroatoms. The van der Waals surface area contributed by atoms with Crippen molar-refractivity contribution in [3.63, 3.8) is 0 Å². The Hall–Kier alpha value is -2.16. The number of benzene rings is 1. The molecule has 1 unspecified atom stereocenters. The van der Waals surface area contributed by atoms with E-state index in [1.165, 1.54) is 0 Å². The highest BCUT2D eigenvalue weighted by Crippen LogP contribution is 2.47. The molecule has 0 bridgehead atoms. The van der Waals surface area contributed by atoms with Crippen molar-refractivity contribution >= 4 is 33.3 Å². The predicted molar refractivity (Wildman–Crippen MR) is 138 cm³/mol. The maximum atomic E-state index is 14.6. The molecule has 1 aromatic carbocycles. The van der Waals surface area contributed by atoms with Gasteiger partial charge < -0.3 is 25.2 Å². The first-order valence-corrected chi connectivity index (χ1v) is 13.5. The topological polar surface area (TPSA) is 96.9 Å². The minimum atomic E-state index is -1.30. The molecule has 1 saturated heterocycles. The number of ether oxygens (including phenoxy) is 2. The van der Waals surface area contributed by atoms with Gasteiger partial charge in [-0.15, -0.1) is 11.3 Å². The van der Waals surface area contributed by atoms with Gasteiger partial charge in [-0.25, -0.2) is 4.79 Å². The van der Waals surface area contributed by atoms with Gasteiger partial charge in [0.2, 0.25) is 0 Å². The zero-order valence-electron chi connectivity index (χ0n) is 21.2. The summed E-state index contributed by atoms with van der Waals surface area (Å²) in [7, 11) is 1.62. The van der Waals surface area contributed by atoms with E-state index in [9.17, 15) is 14.7 Å². The highest BCUT2D eigenvalue weighted by atomic mass is 32.1. The Morgan fingerprint density at radius 2 is 1.80 bits per heavy atom. The molecular formula is C27H38N2O5S. The average molecular weight is 503 g/mol. The van der Waals surface area contributed by atoms with Gasteiger partial charge in [-0.2, -0.15) is 0 Å². The van der Waals surface area contributed by atoms with Gasteiger partial charge >= 0.3 is 6.09 Å². The summed E-state index contributed by atoms with van der Waals surface area (Å²) < 4.78 is 12.5. The second-order valence-corrected chi connectivity index (χ2v) is 11.9. The number of ketones is 1. The van der Waals surface area contributed by atoms with Crippen LogP contribution in [0.4, 0.5) is 4.79 Å². The molecule has 192 valence electrons. The number of nitrogens with one attached hydrogen (secondary N) is 2. The van der Waals surface area contributed by atoms with Crippen LogP contribution in [0, 0.1) is 0 Å². The van der Waals surface area contributed by atoms with Gasteiger partial charge in [-0.3, -0.25) is 4.79 Å². The predicted octanol–water partition coefficient (Wildman–Crippen LogP) is 4.90. The Balaban J connectivity index is 1.80. The third-order valence-corrected chi connectivity index (χ3v) is 8.25. The second kappa shape index (κ2) is 10.1. The van der Waals surface area contributed by atoms with Crippen LogP contribution >= 0.6 is 11.3 Å². The van der Waals surface area contributed by atoms with Crippen molar-refractivity contribution in [2.75, 3.05) is 20.2 Å². The third-order valence-electron chi connectivity index (χ3n) is 7.27. The Labute approximate surface area is 211 Å². The van der Waals surface area contributed by atoms with E-state index in [2.05, 4.69) is 10.6 Å². The van der Waals surface area contributed by atoms with Gasteiger partial charge in [-0.05, 0) is 75.8 Å². The highest BCUT2D eigenvalue weighted by Gasteiger charge is 2.53. The van der Waals surface area contributed by atoms with E-state index in [-0.39, 0.29) is 5.78 Å². The van der Waals surface area contributed by atoms with Gasteiger partial charge in [-0.1, -0.05) is 19.3 Å². The Bertz CT molecular complexity index is 1060. The largest absolute Gasteiger partial charge is 0.497 e. The van der Waals surface area contributed by atoms with E-state index >= 15 is 0 Å². The molecule has 2 aliphatic rings. The number of piperidine rings is 1. The number of carbonyl (C=O) groups excluding carboxylic acids is 2. The first-order chi connectivity index (χ1) is 16.6. The number of thiophene rings is 1. The fourth-order valence-electron chi connectivity index (χ4n) is 5.51. The lowest BCUT2D eigenvalue weighted by Gasteiger charge is -2.44. The van der Waals surface area contributed by atoms with E-state index in [1.54, 1.807) is 18.4 Å². The van der Waals surface area contributed by atoms with Crippen LogP contribution in [-0.4, -0.2) is 53.9 Å². The fraction of sp³-hybridized carbons (Fsp3) is 0.630. The molecule has 1 aliphatic heterocycles. The quantitative estimate of drug-likeness (QED) is 0.520. The standard InChI is InChI=1S/C27H38N2O5S/c1-25(2,3)29-24(31)34-27(12-14-28-15-13-27)23(30)22(26(32)10-6-5-7-11-26)20-17-35-21-9-8-18(33-4)16-19(20)21/h8-9,16-17,22,28,32H,5-7,10-15H2,1-4H3,(H,29,31). The number of rotatable bonds is 6. The van der Waals surface area contributed by atoms with Crippen molar-refractivity contribution in [2.45, 2.75) is 88.4 Å². The molecule has 1 aliphatic carbocycles. The molecule has 4 rings (SSSR count). The molecule has 7 nitrogen and oxygen atoms in total. The molecule has 3 N–H and O–H groups in total. The smallest absolute Gasteiger partial charge is 0.408 e. The Morgan fingerprint density at radius 1 is 1.11 bits per heavy atom. The number of aliphatic hydroxyl groups is 1. The van der Waals surface area contributed by atoms with Crippen LogP contribution in [-0.2, 0) is 9.53 Å². The number of methoxy groups -OCH3 is 1. The van der Waals surface area contributed by atoms with E-state index in [1.807, 2.05) is 44.4 Å². The molecule has 1 amide bonds. The minimum Gasteiger partial charge on any atom is -0.497 e. The normalized spacial score (nSPS) is 20.7. The van der Waals surface area contributed by atoms with Crippen LogP contribution < -0.4 is 15.4 Å². The fourth-order valence-corrected chi connectivity index (χ4v) is 6.47. The summed E-state index contributed by atoms with van der Waals surface area (Å²) in [6.07, 6.45) is 4.03. The van der Waals surface area contributed by atoms with Gasteiger partial charge in [0, 0.05) is 28.5 Å². The molecule has 0 spiro atoms. The molecule has 1 aromatic heterocycles. The lowest BCUT2D eigenvalue weighted by atomic mass is 9.66. The maximum absolute atomic E-state index is 14.6. The molecule has 0 radical (unpaired) electrons. The van der Waals surface area contributed by atoms with Gasteiger partial charge in [0.05, 0.1) is 18.6 Å². The van der Waals surface area contributed by atoms with Crippen LogP contribution in [0.1, 0.15) is 77.2 Å². The zero-order valence-corrected chi connectivity index (χ0v) is 22.1. The summed E-state index contributed by atoms with van der Waals surface area (Å²) >= 11 is 1.56. The van der Waals surface area contributed by atoms with Crippen LogP contribution in [0.25, 0.3) is 10.1 Å². The maximum Gasteiger partial charge on any atom is 0.408 e. The monoisotopic (exact) mass is 502 g/mol. The highest BCUT2D eigenvalue weighted by molar-refractivity contribution is 7.17. The summed E-state index contributed by atoms with van der Waals surface area (Å²) in [5, 5.41) is 21.0. The summed E-state index contributed by atoms with van der Waals surface area (Å²) in [6.45, 7) is 6.77. The number of fused-ring (bicyclic) bond motifs is 1. The SMILES string of the molecule is COc1ccc2scc(C(C(=O)C3(OC(=O)NC(C)(C)C)CCNCC3)C3(O)CCCCC3)c2c1. The summed E-state index contributed by atoms with van der Waals surface area (Å²) in [4.78, 5) is 27.5. The molecule has 1 saturated carbocycles. The van der Waals surface area contributed by atoms with Crippen molar-refractivity contribution in [1.82, 2.24) is 10.6 Å². The number of carbonyl (C=O) groups is 2. The lowest BCUT2D eigenvalue weighted by molar-refractivity contribution is -0.150. The van der Waals surface area contributed by atoms with Crippen LogP contribution in [0.3, 0.4) is 0 Å². The molecule has 2 fully saturated rings. The van der Waals surface area contributed by atoms with Crippen molar-refractivity contribution in [2.24, 2.45) is 0 Å². The molecule has 35 heavy (non-hydrogen) atoms. The molecule has 2 heterocycles.